The number of carbonyl (C=O) groups is 1. The number of nitrogens with zero attached hydrogens (tertiary/aromatic N) is 1. The second kappa shape index (κ2) is 5.93. The van der Waals surface area contributed by atoms with Crippen LogP contribution in [0.5, 0.6) is 5.75 Å². The SMILES string of the molecule is COc1ccccc1NC(=O)N1C2CCC1CC(OC)C2. The summed E-state index contributed by atoms with van der Waals surface area (Å²) in [5, 5.41) is 2.99. The summed E-state index contributed by atoms with van der Waals surface area (Å²) in [6.45, 7) is 0. The molecule has 0 spiro atoms. The number of anilines is 1. The number of ether oxygens (including phenoxy) is 2. The molecule has 114 valence electrons. The van der Waals surface area contributed by atoms with E-state index in [0.717, 1.165) is 31.4 Å². The molecule has 2 heterocycles. The minimum atomic E-state index is -0.0263. The number of hydrogen-bond donors (Lipinski definition) is 1. The molecule has 2 amide bonds. The third-order valence-electron chi connectivity index (χ3n) is 4.61. The van der Waals surface area contributed by atoms with Crippen LogP contribution in [0, 0.1) is 0 Å². The number of fused-ring (bicyclic) bond motifs is 2. The van der Waals surface area contributed by atoms with Gasteiger partial charge >= 0.3 is 6.03 Å². The lowest BCUT2D eigenvalue weighted by Gasteiger charge is -2.38. The van der Waals surface area contributed by atoms with E-state index >= 15 is 0 Å². The van der Waals surface area contributed by atoms with Crippen LogP contribution in [0.2, 0.25) is 0 Å². The first-order valence-corrected chi connectivity index (χ1v) is 7.48. The summed E-state index contributed by atoms with van der Waals surface area (Å²) in [5.74, 6) is 0.685. The number of nitrogens with one attached hydrogen (secondary N) is 1. The van der Waals surface area contributed by atoms with Crippen LogP contribution >= 0.6 is 0 Å². The number of para-hydroxylation sites is 2. The van der Waals surface area contributed by atoms with E-state index in [0.29, 0.717) is 17.8 Å². The van der Waals surface area contributed by atoms with Gasteiger partial charge in [0.15, 0.2) is 0 Å². The normalized spacial score (nSPS) is 27.5. The molecule has 0 aromatic heterocycles. The van der Waals surface area contributed by atoms with Gasteiger partial charge in [0.25, 0.3) is 0 Å². The third-order valence-corrected chi connectivity index (χ3v) is 4.61. The van der Waals surface area contributed by atoms with Gasteiger partial charge in [0.1, 0.15) is 5.75 Å². The Morgan fingerprint density at radius 3 is 2.48 bits per heavy atom. The van der Waals surface area contributed by atoms with Crippen molar-refractivity contribution in [1.82, 2.24) is 4.90 Å². The summed E-state index contributed by atoms with van der Waals surface area (Å²) in [7, 11) is 3.37. The Balaban J connectivity index is 1.72. The van der Waals surface area contributed by atoms with Gasteiger partial charge < -0.3 is 19.7 Å². The number of piperidine rings is 1. The molecule has 5 nitrogen and oxygen atoms in total. The van der Waals surface area contributed by atoms with E-state index in [-0.39, 0.29) is 12.1 Å². The molecule has 1 aromatic rings. The summed E-state index contributed by atoms with van der Waals surface area (Å²) in [6.07, 6.45) is 4.31. The zero-order valence-corrected chi connectivity index (χ0v) is 12.5. The Morgan fingerprint density at radius 2 is 1.86 bits per heavy atom. The Morgan fingerprint density at radius 1 is 1.19 bits per heavy atom. The molecule has 2 unspecified atom stereocenters. The summed E-state index contributed by atoms with van der Waals surface area (Å²) in [5.41, 5.74) is 0.721. The second-order valence-electron chi connectivity index (χ2n) is 5.75. The van der Waals surface area contributed by atoms with Gasteiger partial charge in [0, 0.05) is 19.2 Å². The zero-order chi connectivity index (χ0) is 14.8. The summed E-state index contributed by atoms with van der Waals surface area (Å²) >= 11 is 0. The molecule has 2 saturated heterocycles. The van der Waals surface area contributed by atoms with Gasteiger partial charge in [-0.05, 0) is 37.8 Å². The van der Waals surface area contributed by atoms with E-state index < -0.39 is 0 Å². The molecular formula is C16H22N2O3. The van der Waals surface area contributed by atoms with Gasteiger partial charge in [-0.2, -0.15) is 0 Å². The molecule has 5 heteroatoms. The fraction of sp³-hybridized carbons (Fsp3) is 0.562. The monoisotopic (exact) mass is 290 g/mol. The molecule has 2 fully saturated rings. The lowest BCUT2D eigenvalue weighted by Crippen LogP contribution is -2.50. The molecule has 3 rings (SSSR count). The molecule has 1 aromatic carbocycles. The van der Waals surface area contributed by atoms with Crippen LogP contribution in [0.3, 0.4) is 0 Å². The van der Waals surface area contributed by atoms with Crippen LogP contribution in [0.25, 0.3) is 0 Å². The minimum absolute atomic E-state index is 0.0263. The van der Waals surface area contributed by atoms with Crippen molar-refractivity contribution in [3.05, 3.63) is 24.3 Å². The van der Waals surface area contributed by atoms with Crippen LogP contribution < -0.4 is 10.1 Å². The van der Waals surface area contributed by atoms with Crippen molar-refractivity contribution >= 4 is 11.7 Å². The highest BCUT2D eigenvalue weighted by Gasteiger charge is 2.43. The van der Waals surface area contributed by atoms with Gasteiger partial charge in [-0.1, -0.05) is 12.1 Å². The fourth-order valence-electron chi connectivity index (χ4n) is 3.58. The molecule has 0 radical (unpaired) electrons. The molecular weight excluding hydrogens is 268 g/mol. The van der Waals surface area contributed by atoms with Crippen LogP contribution in [0.15, 0.2) is 24.3 Å². The molecule has 2 atom stereocenters. The Bertz CT molecular complexity index is 506. The Labute approximate surface area is 125 Å². The fourth-order valence-corrected chi connectivity index (χ4v) is 3.58. The molecule has 21 heavy (non-hydrogen) atoms. The van der Waals surface area contributed by atoms with Crippen molar-refractivity contribution < 1.29 is 14.3 Å². The maximum absolute atomic E-state index is 12.6. The van der Waals surface area contributed by atoms with E-state index in [2.05, 4.69) is 5.32 Å². The molecule has 2 bridgehead atoms. The summed E-state index contributed by atoms with van der Waals surface area (Å²) < 4.78 is 10.8. The molecule has 2 aliphatic rings. The van der Waals surface area contributed by atoms with Gasteiger partial charge in [0.05, 0.1) is 18.9 Å². The largest absolute Gasteiger partial charge is 0.495 e. The first-order valence-electron chi connectivity index (χ1n) is 7.48. The number of carbonyl (C=O) groups excluding carboxylic acids is 1. The van der Waals surface area contributed by atoms with Gasteiger partial charge in [-0.25, -0.2) is 4.79 Å². The highest BCUT2D eigenvalue weighted by atomic mass is 16.5. The number of rotatable bonds is 3. The van der Waals surface area contributed by atoms with Gasteiger partial charge in [-0.3, -0.25) is 0 Å². The van der Waals surface area contributed by atoms with E-state index in [9.17, 15) is 4.79 Å². The van der Waals surface area contributed by atoms with E-state index in [4.69, 9.17) is 9.47 Å². The first-order chi connectivity index (χ1) is 10.2. The average molecular weight is 290 g/mol. The number of hydrogen-bond acceptors (Lipinski definition) is 3. The third kappa shape index (κ3) is 2.70. The van der Waals surface area contributed by atoms with Crippen molar-refractivity contribution in [2.75, 3.05) is 19.5 Å². The lowest BCUT2D eigenvalue weighted by molar-refractivity contribution is 0.0232. The highest BCUT2D eigenvalue weighted by Crippen LogP contribution is 2.37. The van der Waals surface area contributed by atoms with Crippen molar-refractivity contribution in [2.45, 2.75) is 43.9 Å². The maximum Gasteiger partial charge on any atom is 0.322 e. The quantitative estimate of drug-likeness (QED) is 0.931. The van der Waals surface area contributed by atoms with Crippen LogP contribution in [-0.2, 0) is 4.74 Å². The number of amides is 2. The lowest BCUT2D eigenvalue weighted by atomic mass is 10.0. The first kappa shape index (κ1) is 14.2. The Hall–Kier alpha value is -1.75. The van der Waals surface area contributed by atoms with Crippen LogP contribution in [0.4, 0.5) is 10.5 Å². The van der Waals surface area contributed by atoms with E-state index in [1.165, 1.54) is 0 Å². The molecule has 1 N–H and O–H groups in total. The summed E-state index contributed by atoms with van der Waals surface area (Å²) in [6, 6.07) is 8.06. The van der Waals surface area contributed by atoms with E-state index in [1.54, 1.807) is 14.2 Å². The second-order valence-corrected chi connectivity index (χ2v) is 5.75. The van der Waals surface area contributed by atoms with Crippen LogP contribution in [-0.4, -0.2) is 43.3 Å². The number of urea groups is 1. The van der Waals surface area contributed by atoms with Crippen molar-refractivity contribution in [3.8, 4) is 5.75 Å². The van der Waals surface area contributed by atoms with Crippen molar-refractivity contribution in [2.24, 2.45) is 0 Å². The van der Waals surface area contributed by atoms with Gasteiger partial charge in [-0.15, -0.1) is 0 Å². The zero-order valence-electron chi connectivity index (χ0n) is 12.5. The molecule has 0 saturated carbocycles. The summed E-state index contributed by atoms with van der Waals surface area (Å²) in [4.78, 5) is 14.6. The average Bonchev–Trinajstić information content (AvgIpc) is 2.78. The molecule has 0 aliphatic carbocycles. The number of methoxy groups -OCH3 is 2. The smallest absolute Gasteiger partial charge is 0.322 e. The van der Waals surface area contributed by atoms with Crippen molar-refractivity contribution in [1.29, 1.82) is 0 Å². The topological polar surface area (TPSA) is 50.8 Å². The predicted molar refractivity (Wildman–Crippen MR) is 80.7 cm³/mol. The maximum atomic E-state index is 12.6. The number of benzene rings is 1. The predicted octanol–water partition coefficient (Wildman–Crippen LogP) is 2.87. The van der Waals surface area contributed by atoms with E-state index in [1.807, 2.05) is 29.2 Å². The Kier molecular flexibility index (Phi) is 4.01. The highest BCUT2D eigenvalue weighted by molar-refractivity contribution is 5.91. The van der Waals surface area contributed by atoms with Gasteiger partial charge in [0.2, 0.25) is 0 Å². The standard InChI is InChI=1S/C16H22N2O3/c1-20-13-9-11-7-8-12(10-13)18(11)16(19)17-14-5-3-4-6-15(14)21-2/h3-6,11-13H,7-10H2,1-2H3,(H,17,19). The minimum Gasteiger partial charge on any atom is -0.495 e. The van der Waals surface area contributed by atoms with Crippen LogP contribution in [0.1, 0.15) is 25.7 Å². The molecule has 2 aliphatic heterocycles. The van der Waals surface area contributed by atoms with Crippen molar-refractivity contribution in [3.63, 3.8) is 0 Å².